The fourth-order valence-electron chi connectivity index (χ4n) is 2.03. The molecule has 0 bridgehead atoms. The van der Waals surface area contributed by atoms with Crippen molar-refractivity contribution in [3.05, 3.63) is 40.0 Å². The van der Waals surface area contributed by atoms with Crippen molar-refractivity contribution in [2.45, 2.75) is 46.6 Å². The summed E-state index contributed by atoms with van der Waals surface area (Å²) in [6.07, 6.45) is 3.10. The van der Waals surface area contributed by atoms with Crippen LogP contribution in [0.25, 0.3) is 10.4 Å². The van der Waals surface area contributed by atoms with Gasteiger partial charge in [0.25, 0.3) is 5.91 Å². The van der Waals surface area contributed by atoms with E-state index >= 15 is 0 Å². The Morgan fingerprint density at radius 1 is 1.35 bits per heavy atom. The van der Waals surface area contributed by atoms with E-state index in [-0.39, 0.29) is 23.7 Å². The molecule has 7 nitrogen and oxygen atoms in total. The van der Waals surface area contributed by atoms with Crippen molar-refractivity contribution in [1.82, 2.24) is 10.3 Å². The number of ketones is 1. The third kappa shape index (κ3) is 7.97. The number of nitrogens with one attached hydrogen (secondary N) is 1. The van der Waals surface area contributed by atoms with Gasteiger partial charge in [0.05, 0.1) is 12.1 Å². The van der Waals surface area contributed by atoms with Crippen molar-refractivity contribution in [3.63, 3.8) is 0 Å². The largest absolute Gasteiger partial charge is 0.352 e. The molecule has 0 atom stereocenters. The van der Waals surface area contributed by atoms with Gasteiger partial charge in [0.1, 0.15) is 5.78 Å². The van der Waals surface area contributed by atoms with Gasteiger partial charge < -0.3 is 5.32 Å². The van der Waals surface area contributed by atoms with E-state index < -0.39 is 0 Å². The molecule has 0 aliphatic rings. The first-order valence-electron chi connectivity index (χ1n) is 7.57. The number of nitrogens with zero attached hydrogens (tertiary/aromatic N) is 4. The van der Waals surface area contributed by atoms with Crippen molar-refractivity contribution in [3.8, 4) is 0 Å². The lowest BCUT2D eigenvalue weighted by atomic mass is 9.89. The number of amides is 1. The van der Waals surface area contributed by atoms with E-state index in [9.17, 15) is 9.59 Å². The Bertz CT molecular complexity index is 583. The first kappa shape index (κ1) is 18.6. The van der Waals surface area contributed by atoms with Crippen molar-refractivity contribution < 1.29 is 9.59 Å². The van der Waals surface area contributed by atoms with E-state index in [0.717, 1.165) is 0 Å². The van der Waals surface area contributed by atoms with Crippen molar-refractivity contribution >= 4 is 11.7 Å². The molecule has 1 amide bonds. The topological polar surface area (TPSA) is 108 Å². The molecule has 0 aliphatic heterocycles. The molecule has 0 aliphatic carbocycles. The van der Waals surface area contributed by atoms with Crippen LogP contribution in [0.1, 0.15) is 56.1 Å². The second-order valence-electron chi connectivity index (χ2n) is 6.56. The van der Waals surface area contributed by atoms with Crippen LogP contribution in [0.15, 0.2) is 23.4 Å². The van der Waals surface area contributed by atoms with Gasteiger partial charge in [-0.05, 0) is 29.5 Å². The molecule has 1 N–H and O–H groups in total. The Kier molecular flexibility index (Phi) is 7.22. The minimum absolute atomic E-state index is 0.00331. The smallest absolute Gasteiger partial charge is 0.252 e. The van der Waals surface area contributed by atoms with Gasteiger partial charge in [0.2, 0.25) is 0 Å². The van der Waals surface area contributed by atoms with Crippen LogP contribution in [0.4, 0.5) is 0 Å². The van der Waals surface area contributed by atoms with E-state index in [0.29, 0.717) is 37.1 Å². The summed E-state index contributed by atoms with van der Waals surface area (Å²) in [4.78, 5) is 30.4. The summed E-state index contributed by atoms with van der Waals surface area (Å²) >= 11 is 0. The molecule has 0 unspecified atom stereocenters. The van der Waals surface area contributed by atoms with Gasteiger partial charge in [-0.15, -0.1) is 0 Å². The first-order valence-corrected chi connectivity index (χ1v) is 7.57. The molecule has 23 heavy (non-hydrogen) atoms. The van der Waals surface area contributed by atoms with E-state index in [2.05, 4.69) is 20.3 Å². The maximum atomic E-state index is 11.9. The highest BCUT2D eigenvalue weighted by molar-refractivity contribution is 5.93. The van der Waals surface area contributed by atoms with E-state index in [1.165, 1.54) is 6.20 Å². The fourth-order valence-corrected chi connectivity index (χ4v) is 2.03. The van der Waals surface area contributed by atoms with Gasteiger partial charge in [-0.25, -0.2) is 0 Å². The predicted molar refractivity (Wildman–Crippen MR) is 87.7 cm³/mol. The molecule has 0 radical (unpaired) electrons. The fraction of sp³-hybridized carbons (Fsp3) is 0.562. The highest BCUT2D eigenvalue weighted by atomic mass is 16.1. The number of carbonyl (C=O) groups excluding carboxylic acids is 2. The molecule has 0 saturated heterocycles. The van der Waals surface area contributed by atoms with E-state index in [4.69, 9.17) is 5.53 Å². The molecule has 0 spiro atoms. The molecule has 0 fully saturated rings. The Labute approximate surface area is 136 Å². The van der Waals surface area contributed by atoms with Gasteiger partial charge in [-0.3, -0.25) is 14.6 Å². The number of hydrogen-bond acceptors (Lipinski definition) is 4. The highest BCUT2D eigenvalue weighted by Crippen LogP contribution is 2.19. The maximum Gasteiger partial charge on any atom is 0.252 e. The van der Waals surface area contributed by atoms with Crippen LogP contribution in [0, 0.1) is 5.41 Å². The first-order chi connectivity index (χ1) is 10.8. The third-order valence-electron chi connectivity index (χ3n) is 3.03. The molecule has 1 aromatic rings. The molecule has 1 aromatic heterocycles. The lowest BCUT2D eigenvalue weighted by Crippen LogP contribution is -2.25. The van der Waals surface area contributed by atoms with Crippen LogP contribution in [0.5, 0.6) is 0 Å². The lowest BCUT2D eigenvalue weighted by Gasteiger charge is -2.16. The summed E-state index contributed by atoms with van der Waals surface area (Å²) < 4.78 is 0. The zero-order valence-electron chi connectivity index (χ0n) is 13.9. The van der Waals surface area contributed by atoms with Gasteiger partial charge >= 0.3 is 0 Å². The van der Waals surface area contributed by atoms with Crippen LogP contribution < -0.4 is 5.32 Å². The SMILES string of the molecule is CC(C)(C)CC(=O)CCCNC(=O)c1ccc(CN=[N+]=[N-])nc1. The number of aromatic nitrogens is 1. The van der Waals surface area contributed by atoms with Crippen LogP contribution in [0.2, 0.25) is 0 Å². The van der Waals surface area contributed by atoms with Gasteiger partial charge in [0, 0.05) is 36.2 Å². The molecule has 7 heteroatoms. The van der Waals surface area contributed by atoms with Crippen LogP contribution in [0.3, 0.4) is 0 Å². The van der Waals surface area contributed by atoms with Gasteiger partial charge in [-0.1, -0.05) is 25.9 Å². The molecular formula is C16H23N5O2. The van der Waals surface area contributed by atoms with Crippen molar-refractivity contribution in [2.75, 3.05) is 6.54 Å². The number of Topliss-reactive ketones (excluding diaryl/α,β-unsaturated/α-hetero) is 1. The minimum Gasteiger partial charge on any atom is -0.352 e. The van der Waals surface area contributed by atoms with E-state index in [1.54, 1.807) is 12.1 Å². The molecule has 124 valence electrons. The summed E-state index contributed by atoms with van der Waals surface area (Å²) in [5.41, 5.74) is 9.28. The molecule has 1 rings (SSSR count). The molecule has 1 heterocycles. The second-order valence-corrected chi connectivity index (χ2v) is 6.56. The number of hydrogen-bond donors (Lipinski definition) is 1. The van der Waals surface area contributed by atoms with Gasteiger partial charge in [-0.2, -0.15) is 0 Å². The number of rotatable bonds is 8. The highest BCUT2D eigenvalue weighted by Gasteiger charge is 2.15. The predicted octanol–water partition coefficient (Wildman–Crippen LogP) is 3.41. The normalized spacial score (nSPS) is 10.7. The number of azide groups is 1. The number of carbonyl (C=O) groups is 2. The van der Waals surface area contributed by atoms with E-state index in [1.807, 2.05) is 20.8 Å². The standard InChI is InChI=1S/C16H23N5O2/c1-16(2,3)9-14(22)5-4-8-18-15(23)12-6-7-13(19-10-12)11-20-21-17/h6-7,10H,4-5,8-9,11H2,1-3H3,(H,18,23). The average molecular weight is 317 g/mol. The molecule has 0 saturated carbocycles. The Morgan fingerprint density at radius 2 is 2.09 bits per heavy atom. The summed E-state index contributed by atoms with van der Waals surface area (Å²) in [5, 5.41) is 6.17. The second kappa shape index (κ2) is 8.90. The lowest BCUT2D eigenvalue weighted by molar-refractivity contribution is -0.120. The summed E-state index contributed by atoms with van der Waals surface area (Å²) in [7, 11) is 0. The maximum absolute atomic E-state index is 11.9. The van der Waals surface area contributed by atoms with Gasteiger partial charge in [0.15, 0.2) is 0 Å². The third-order valence-corrected chi connectivity index (χ3v) is 3.03. The average Bonchev–Trinajstić information content (AvgIpc) is 2.48. The number of pyridine rings is 1. The molecule has 0 aromatic carbocycles. The Morgan fingerprint density at radius 3 is 2.65 bits per heavy atom. The quantitative estimate of drug-likeness (QED) is 0.343. The monoisotopic (exact) mass is 317 g/mol. The zero-order valence-corrected chi connectivity index (χ0v) is 13.9. The van der Waals surface area contributed by atoms with Crippen molar-refractivity contribution in [1.29, 1.82) is 0 Å². The minimum atomic E-state index is -0.226. The zero-order chi connectivity index (χ0) is 17.3. The van der Waals surface area contributed by atoms with Crippen LogP contribution in [-0.2, 0) is 11.3 Å². The van der Waals surface area contributed by atoms with Crippen molar-refractivity contribution in [2.24, 2.45) is 10.5 Å². The van der Waals surface area contributed by atoms with Crippen LogP contribution >= 0.6 is 0 Å². The Balaban J connectivity index is 2.34. The molecular weight excluding hydrogens is 294 g/mol. The summed E-state index contributed by atoms with van der Waals surface area (Å²) in [6.45, 7) is 6.71. The van der Waals surface area contributed by atoms with Crippen LogP contribution in [-0.4, -0.2) is 23.2 Å². The summed E-state index contributed by atoms with van der Waals surface area (Å²) in [6, 6.07) is 3.28. The summed E-state index contributed by atoms with van der Waals surface area (Å²) in [5.74, 6) is -0.00748. The Hall–Kier alpha value is -2.40.